The van der Waals surface area contributed by atoms with Crippen molar-refractivity contribution >= 4 is 10.9 Å². The Kier molecular flexibility index (Phi) is 3.73. The van der Waals surface area contributed by atoms with Gasteiger partial charge in [0.2, 0.25) is 0 Å². The highest BCUT2D eigenvalue weighted by atomic mass is 16.5. The van der Waals surface area contributed by atoms with Gasteiger partial charge in [-0.25, -0.2) is 0 Å². The quantitative estimate of drug-likeness (QED) is 0.784. The Hall–Kier alpha value is -2.55. The number of hydrogen-bond donors (Lipinski definition) is 1. The van der Waals surface area contributed by atoms with Crippen LogP contribution in [-0.4, -0.2) is 11.6 Å². The van der Waals surface area contributed by atoms with Crippen LogP contribution >= 0.6 is 0 Å². The van der Waals surface area contributed by atoms with E-state index in [0.717, 1.165) is 28.9 Å². The molecule has 0 saturated heterocycles. The summed E-state index contributed by atoms with van der Waals surface area (Å²) in [6, 6.07) is 17.1. The summed E-state index contributed by atoms with van der Waals surface area (Å²) in [7, 11) is 0. The zero-order chi connectivity index (χ0) is 14.7. The van der Waals surface area contributed by atoms with E-state index in [2.05, 4.69) is 11.9 Å². The number of rotatable bonds is 4. The van der Waals surface area contributed by atoms with E-state index in [1.54, 1.807) is 12.1 Å². The van der Waals surface area contributed by atoms with Crippen LogP contribution in [0.5, 0.6) is 5.75 Å². The van der Waals surface area contributed by atoms with E-state index < -0.39 is 0 Å². The van der Waals surface area contributed by atoms with E-state index in [9.17, 15) is 4.79 Å². The first-order chi connectivity index (χ1) is 10.3. The normalized spacial score (nSPS) is 10.7. The molecule has 0 spiro atoms. The lowest BCUT2D eigenvalue weighted by molar-refractivity contribution is 0.318. The Balaban J connectivity index is 2.07. The van der Waals surface area contributed by atoms with Crippen molar-refractivity contribution in [1.29, 1.82) is 0 Å². The minimum atomic E-state index is 0.00421. The van der Waals surface area contributed by atoms with Gasteiger partial charge in [-0.3, -0.25) is 4.79 Å². The largest absolute Gasteiger partial charge is 0.494 e. The molecular weight excluding hydrogens is 262 g/mol. The lowest BCUT2D eigenvalue weighted by Gasteiger charge is -2.07. The highest BCUT2D eigenvalue weighted by molar-refractivity contribution is 5.82. The van der Waals surface area contributed by atoms with Crippen molar-refractivity contribution in [3.63, 3.8) is 0 Å². The number of ether oxygens (including phenoxy) is 1. The Morgan fingerprint density at radius 2 is 1.86 bits per heavy atom. The standard InChI is InChI=1S/C18H17NO2/c1-2-10-21-14-8-9-16-15(11-14)18(20)12-17(19-16)13-6-4-3-5-7-13/h3-9,11-12H,2,10H2,1H3,(H,19,20). The maximum absolute atomic E-state index is 12.3. The number of H-pyrrole nitrogens is 1. The van der Waals surface area contributed by atoms with E-state index in [4.69, 9.17) is 4.74 Å². The van der Waals surface area contributed by atoms with Crippen LogP contribution in [0.25, 0.3) is 22.2 Å². The van der Waals surface area contributed by atoms with Gasteiger partial charge in [-0.05, 0) is 30.2 Å². The van der Waals surface area contributed by atoms with E-state index in [1.165, 1.54) is 0 Å². The summed E-state index contributed by atoms with van der Waals surface area (Å²) in [4.78, 5) is 15.6. The number of aromatic nitrogens is 1. The van der Waals surface area contributed by atoms with Gasteiger partial charge in [0.05, 0.1) is 6.61 Å². The van der Waals surface area contributed by atoms with Crippen LogP contribution in [0.1, 0.15) is 13.3 Å². The van der Waals surface area contributed by atoms with Crippen molar-refractivity contribution in [1.82, 2.24) is 4.98 Å². The molecule has 106 valence electrons. The first kappa shape index (κ1) is 13.4. The molecule has 0 aliphatic rings. The molecule has 0 bridgehead atoms. The Morgan fingerprint density at radius 3 is 2.62 bits per heavy atom. The fraction of sp³-hybridized carbons (Fsp3) is 0.167. The van der Waals surface area contributed by atoms with E-state index in [1.807, 2.05) is 42.5 Å². The average molecular weight is 279 g/mol. The van der Waals surface area contributed by atoms with Crippen LogP contribution in [0.4, 0.5) is 0 Å². The van der Waals surface area contributed by atoms with Gasteiger partial charge in [0.25, 0.3) is 0 Å². The molecule has 3 rings (SSSR count). The van der Waals surface area contributed by atoms with Crippen molar-refractivity contribution in [2.75, 3.05) is 6.61 Å². The van der Waals surface area contributed by atoms with Crippen molar-refractivity contribution in [2.24, 2.45) is 0 Å². The van der Waals surface area contributed by atoms with Crippen molar-refractivity contribution in [2.45, 2.75) is 13.3 Å². The molecule has 0 saturated carbocycles. The molecule has 1 heterocycles. The fourth-order valence-corrected chi connectivity index (χ4v) is 2.31. The summed E-state index contributed by atoms with van der Waals surface area (Å²) < 4.78 is 5.58. The van der Waals surface area contributed by atoms with Gasteiger partial charge in [0.15, 0.2) is 5.43 Å². The molecule has 0 aliphatic heterocycles. The Bertz CT molecular complexity index is 806. The number of benzene rings is 2. The summed E-state index contributed by atoms with van der Waals surface area (Å²) in [5.41, 5.74) is 2.66. The third kappa shape index (κ3) is 2.82. The Labute approximate surface area is 123 Å². The lowest BCUT2D eigenvalue weighted by Crippen LogP contribution is -2.04. The van der Waals surface area contributed by atoms with Gasteiger partial charge in [-0.15, -0.1) is 0 Å². The molecule has 3 nitrogen and oxygen atoms in total. The summed E-state index contributed by atoms with van der Waals surface area (Å²) in [6.45, 7) is 2.71. The Morgan fingerprint density at radius 1 is 1.05 bits per heavy atom. The number of hydrogen-bond acceptors (Lipinski definition) is 2. The molecule has 21 heavy (non-hydrogen) atoms. The lowest BCUT2D eigenvalue weighted by atomic mass is 10.1. The zero-order valence-electron chi connectivity index (χ0n) is 11.9. The maximum atomic E-state index is 12.3. The third-order valence-electron chi connectivity index (χ3n) is 3.36. The summed E-state index contributed by atoms with van der Waals surface area (Å²) >= 11 is 0. The molecule has 0 unspecified atom stereocenters. The summed E-state index contributed by atoms with van der Waals surface area (Å²) in [5.74, 6) is 0.738. The van der Waals surface area contributed by atoms with Crippen LogP contribution in [0.2, 0.25) is 0 Å². The molecule has 3 aromatic rings. The molecule has 3 heteroatoms. The molecular formula is C18H17NO2. The molecule has 2 aromatic carbocycles. The minimum Gasteiger partial charge on any atom is -0.494 e. The van der Waals surface area contributed by atoms with Crippen LogP contribution in [0.15, 0.2) is 59.4 Å². The topological polar surface area (TPSA) is 42.1 Å². The van der Waals surface area contributed by atoms with Gasteiger partial charge >= 0.3 is 0 Å². The van der Waals surface area contributed by atoms with Crippen molar-refractivity contribution < 1.29 is 4.74 Å². The number of fused-ring (bicyclic) bond motifs is 1. The van der Waals surface area contributed by atoms with Crippen molar-refractivity contribution in [3.05, 3.63) is 64.8 Å². The number of nitrogens with one attached hydrogen (secondary N) is 1. The highest BCUT2D eigenvalue weighted by Crippen LogP contribution is 2.21. The second kappa shape index (κ2) is 5.83. The summed E-state index contributed by atoms with van der Waals surface area (Å²) in [5, 5.41) is 0.656. The SMILES string of the molecule is CCCOc1ccc2[nH]c(-c3ccccc3)cc(=O)c2c1. The fourth-order valence-electron chi connectivity index (χ4n) is 2.31. The second-order valence-electron chi connectivity index (χ2n) is 4.97. The minimum absolute atomic E-state index is 0.00421. The number of pyridine rings is 1. The first-order valence-corrected chi connectivity index (χ1v) is 7.13. The van der Waals surface area contributed by atoms with Gasteiger partial charge < -0.3 is 9.72 Å². The highest BCUT2D eigenvalue weighted by Gasteiger charge is 2.05. The van der Waals surface area contributed by atoms with Gasteiger partial charge in [0.1, 0.15) is 5.75 Å². The van der Waals surface area contributed by atoms with Crippen LogP contribution in [-0.2, 0) is 0 Å². The zero-order valence-corrected chi connectivity index (χ0v) is 11.9. The molecule has 0 radical (unpaired) electrons. The first-order valence-electron chi connectivity index (χ1n) is 7.13. The molecule has 0 fully saturated rings. The van der Waals surface area contributed by atoms with Crippen LogP contribution < -0.4 is 10.2 Å². The monoisotopic (exact) mass is 279 g/mol. The maximum Gasteiger partial charge on any atom is 0.190 e. The molecule has 0 amide bonds. The third-order valence-corrected chi connectivity index (χ3v) is 3.36. The predicted molar refractivity (Wildman–Crippen MR) is 85.8 cm³/mol. The summed E-state index contributed by atoms with van der Waals surface area (Å²) in [6.07, 6.45) is 0.946. The van der Waals surface area contributed by atoms with Crippen LogP contribution in [0, 0.1) is 0 Å². The van der Waals surface area contributed by atoms with Crippen LogP contribution in [0.3, 0.4) is 0 Å². The van der Waals surface area contributed by atoms with Gasteiger partial charge in [0, 0.05) is 22.7 Å². The van der Waals surface area contributed by atoms with Crippen molar-refractivity contribution in [3.8, 4) is 17.0 Å². The number of aromatic amines is 1. The van der Waals surface area contributed by atoms with Gasteiger partial charge in [-0.2, -0.15) is 0 Å². The smallest absolute Gasteiger partial charge is 0.190 e. The van der Waals surface area contributed by atoms with E-state index in [0.29, 0.717) is 12.0 Å². The molecule has 1 aromatic heterocycles. The molecule has 0 atom stereocenters. The second-order valence-corrected chi connectivity index (χ2v) is 4.97. The van der Waals surface area contributed by atoms with Gasteiger partial charge in [-0.1, -0.05) is 37.3 Å². The average Bonchev–Trinajstić information content (AvgIpc) is 2.54. The van der Waals surface area contributed by atoms with E-state index >= 15 is 0 Å². The molecule has 0 aliphatic carbocycles. The predicted octanol–water partition coefficient (Wildman–Crippen LogP) is 3.98. The van der Waals surface area contributed by atoms with E-state index in [-0.39, 0.29) is 5.43 Å². The molecule has 1 N–H and O–H groups in total.